The molecule has 25 heavy (non-hydrogen) atoms. The maximum atomic E-state index is 14.4. The topological polar surface area (TPSA) is 61.8 Å². The van der Waals surface area contributed by atoms with Crippen LogP contribution in [0, 0.1) is 18.7 Å². The number of carbonyl (C=O) groups excluding carboxylic acids is 2. The maximum Gasteiger partial charge on any atom is 0.338 e. The zero-order valence-corrected chi connectivity index (χ0v) is 14.6. The van der Waals surface area contributed by atoms with E-state index in [2.05, 4.69) is 0 Å². The zero-order chi connectivity index (χ0) is 18.2. The molecule has 0 N–H and O–H groups in total. The van der Waals surface area contributed by atoms with Gasteiger partial charge in [0.1, 0.15) is 17.2 Å². The van der Waals surface area contributed by atoms with Gasteiger partial charge in [-0.15, -0.1) is 0 Å². The van der Waals surface area contributed by atoms with Gasteiger partial charge in [-0.25, -0.2) is 9.18 Å². The molecule has 0 amide bonds. The van der Waals surface area contributed by atoms with Crippen molar-refractivity contribution in [2.45, 2.75) is 38.7 Å². The Bertz CT molecular complexity index is 754. The van der Waals surface area contributed by atoms with Gasteiger partial charge in [-0.3, -0.25) is 4.79 Å². The summed E-state index contributed by atoms with van der Waals surface area (Å²) in [6.07, 6.45) is 2.72. The summed E-state index contributed by atoms with van der Waals surface area (Å²) in [7, 11) is 1.30. The van der Waals surface area contributed by atoms with E-state index in [1.54, 1.807) is 6.92 Å². The Kier molecular flexibility index (Phi) is 4.64. The highest BCUT2D eigenvalue weighted by Gasteiger charge is 2.49. The van der Waals surface area contributed by atoms with E-state index in [-0.39, 0.29) is 24.3 Å². The summed E-state index contributed by atoms with van der Waals surface area (Å²) in [6.45, 7) is 3.70. The average Bonchev–Trinajstić information content (AvgIpc) is 3.00. The molecule has 2 atom stereocenters. The van der Waals surface area contributed by atoms with Crippen LogP contribution < -0.4 is 0 Å². The van der Waals surface area contributed by atoms with Crippen LogP contribution in [0.4, 0.5) is 4.39 Å². The highest BCUT2D eigenvalue weighted by molar-refractivity contribution is 5.92. The molecular weight excluding hydrogens is 327 g/mol. The Balaban J connectivity index is 1.91. The molecule has 134 valence electrons. The van der Waals surface area contributed by atoms with Gasteiger partial charge in [0.15, 0.2) is 12.6 Å². The molecule has 0 saturated carbocycles. The summed E-state index contributed by atoms with van der Waals surface area (Å²) in [5.41, 5.74) is 0.584. The highest BCUT2D eigenvalue weighted by Crippen LogP contribution is 2.44. The van der Waals surface area contributed by atoms with Crippen molar-refractivity contribution in [1.82, 2.24) is 0 Å². The van der Waals surface area contributed by atoms with E-state index in [1.807, 2.05) is 6.92 Å². The van der Waals surface area contributed by atoms with Crippen molar-refractivity contribution in [3.8, 4) is 0 Å². The molecule has 1 aliphatic heterocycles. The Morgan fingerprint density at radius 2 is 2.20 bits per heavy atom. The first-order chi connectivity index (χ1) is 11.9. The molecule has 0 unspecified atom stereocenters. The number of hydrogen-bond acceptors (Lipinski definition) is 5. The predicted octanol–water partition coefficient (Wildman–Crippen LogP) is 3.09. The zero-order valence-electron chi connectivity index (χ0n) is 14.6. The quantitative estimate of drug-likeness (QED) is 0.783. The van der Waals surface area contributed by atoms with Gasteiger partial charge >= 0.3 is 5.97 Å². The van der Waals surface area contributed by atoms with Crippen LogP contribution in [0.1, 0.15) is 41.3 Å². The summed E-state index contributed by atoms with van der Waals surface area (Å²) in [5.74, 6) is -0.453. The van der Waals surface area contributed by atoms with Crippen LogP contribution in [0.15, 0.2) is 24.0 Å². The standard InChI is InChI=1S/C19H21FO5/c1-11-6-16(20)13(8-15(11)18(22)23-3)7-12(2)19-5-4-14(21)9-17(19)24-10-25-19/h6,8-9,12H,4-5,7,10H2,1-3H3/t12-,19+/m0/s1. The number of hydrogen-bond donors (Lipinski definition) is 0. The average molecular weight is 348 g/mol. The maximum absolute atomic E-state index is 14.4. The van der Waals surface area contributed by atoms with Crippen molar-refractivity contribution in [3.63, 3.8) is 0 Å². The Labute approximate surface area is 145 Å². The normalized spacial score (nSPS) is 23.5. The monoisotopic (exact) mass is 348 g/mol. The number of carbonyl (C=O) groups is 2. The molecule has 1 saturated heterocycles. The van der Waals surface area contributed by atoms with Gasteiger partial charge in [-0.1, -0.05) is 6.92 Å². The third kappa shape index (κ3) is 3.06. The van der Waals surface area contributed by atoms with E-state index in [0.29, 0.717) is 41.7 Å². The molecule has 2 aliphatic rings. The largest absolute Gasteiger partial charge is 0.469 e. The third-order valence-electron chi connectivity index (χ3n) is 5.10. The SMILES string of the molecule is COC(=O)c1cc(C[C@H](C)[C@]23CCC(=O)C=C2OCO3)c(F)cc1C. The van der Waals surface area contributed by atoms with Crippen LogP contribution in [0.3, 0.4) is 0 Å². The van der Waals surface area contributed by atoms with Gasteiger partial charge < -0.3 is 14.2 Å². The van der Waals surface area contributed by atoms with Crippen molar-refractivity contribution < 1.29 is 28.2 Å². The summed E-state index contributed by atoms with van der Waals surface area (Å²) in [6, 6.07) is 2.88. The summed E-state index contributed by atoms with van der Waals surface area (Å²) >= 11 is 0. The smallest absolute Gasteiger partial charge is 0.338 e. The minimum Gasteiger partial charge on any atom is -0.469 e. The first-order valence-corrected chi connectivity index (χ1v) is 8.26. The first kappa shape index (κ1) is 17.6. The number of esters is 1. The predicted molar refractivity (Wildman–Crippen MR) is 87.4 cm³/mol. The number of methoxy groups -OCH3 is 1. The van der Waals surface area contributed by atoms with Crippen LogP contribution in [-0.4, -0.2) is 31.3 Å². The molecule has 0 spiro atoms. The molecule has 0 bridgehead atoms. The van der Waals surface area contributed by atoms with Crippen molar-refractivity contribution >= 4 is 11.8 Å². The highest BCUT2D eigenvalue weighted by atomic mass is 19.1. The van der Waals surface area contributed by atoms with Crippen molar-refractivity contribution in [3.05, 3.63) is 46.5 Å². The van der Waals surface area contributed by atoms with Gasteiger partial charge in [0, 0.05) is 12.5 Å². The van der Waals surface area contributed by atoms with E-state index in [1.165, 1.54) is 25.3 Å². The number of halogens is 1. The fraction of sp³-hybridized carbons (Fsp3) is 0.474. The van der Waals surface area contributed by atoms with Crippen LogP contribution in [0.2, 0.25) is 0 Å². The lowest BCUT2D eigenvalue weighted by Gasteiger charge is -2.35. The molecule has 6 heteroatoms. The number of allylic oxidation sites excluding steroid dienone is 1. The first-order valence-electron chi connectivity index (χ1n) is 8.26. The number of rotatable bonds is 4. The molecule has 1 heterocycles. The number of benzene rings is 1. The van der Waals surface area contributed by atoms with Crippen LogP contribution in [-0.2, 0) is 25.4 Å². The summed E-state index contributed by atoms with van der Waals surface area (Å²) < 4.78 is 30.5. The molecule has 1 fully saturated rings. The summed E-state index contributed by atoms with van der Waals surface area (Å²) in [5, 5.41) is 0. The van der Waals surface area contributed by atoms with Gasteiger partial charge in [0.25, 0.3) is 0 Å². The van der Waals surface area contributed by atoms with Gasteiger partial charge in [-0.2, -0.15) is 0 Å². The Morgan fingerprint density at radius 3 is 2.92 bits per heavy atom. The van der Waals surface area contributed by atoms with Crippen LogP contribution in [0.5, 0.6) is 0 Å². The van der Waals surface area contributed by atoms with Gasteiger partial charge in [-0.05, 0) is 48.9 Å². The second-order valence-corrected chi connectivity index (χ2v) is 6.63. The van der Waals surface area contributed by atoms with Crippen molar-refractivity contribution in [1.29, 1.82) is 0 Å². The molecule has 1 aromatic rings. The van der Waals surface area contributed by atoms with E-state index in [9.17, 15) is 14.0 Å². The number of fused-ring (bicyclic) bond motifs is 1. The van der Waals surface area contributed by atoms with E-state index >= 15 is 0 Å². The molecule has 5 nitrogen and oxygen atoms in total. The van der Waals surface area contributed by atoms with Crippen LogP contribution >= 0.6 is 0 Å². The van der Waals surface area contributed by atoms with Crippen LogP contribution in [0.25, 0.3) is 0 Å². The number of aryl methyl sites for hydroxylation is 1. The number of ether oxygens (including phenoxy) is 3. The van der Waals surface area contributed by atoms with Crippen molar-refractivity contribution in [2.75, 3.05) is 13.9 Å². The molecular formula is C19H21FO5. The lowest BCUT2D eigenvalue weighted by molar-refractivity contribution is -0.117. The molecule has 1 aliphatic carbocycles. The van der Waals surface area contributed by atoms with E-state index in [4.69, 9.17) is 14.2 Å². The third-order valence-corrected chi connectivity index (χ3v) is 5.10. The van der Waals surface area contributed by atoms with E-state index < -0.39 is 11.6 Å². The molecule has 1 aromatic carbocycles. The Morgan fingerprint density at radius 1 is 1.44 bits per heavy atom. The Hall–Kier alpha value is -2.21. The van der Waals surface area contributed by atoms with Crippen molar-refractivity contribution in [2.24, 2.45) is 5.92 Å². The lowest BCUT2D eigenvalue weighted by atomic mass is 9.76. The number of ketones is 1. The fourth-order valence-corrected chi connectivity index (χ4v) is 3.61. The fourth-order valence-electron chi connectivity index (χ4n) is 3.61. The van der Waals surface area contributed by atoms with Gasteiger partial charge in [0.2, 0.25) is 0 Å². The minimum atomic E-state index is -0.712. The lowest BCUT2D eigenvalue weighted by Crippen LogP contribution is -2.41. The minimum absolute atomic E-state index is 0.0119. The summed E-state index contributed by atoms with van der Waals surface area (Å²) in [4.78, 5) is 23.5. The second-order valence-electron chi connectivity index (χ2n) is 6.63. The molecule has 0 radical (unpaired) electrons. The molecule has 0 aromatic heterocycles. The second kappa shape index (κ2) is 6.59. The van der Waals surface area contributed by atoms with Gasteiger partial charge in [0.05, 0.1) is 12.7 Å². The molecule has 3 rings (SSSR count). The van der Waals surface area contributed by atoms with E-state index in [0.717, 1.165) is 0 Å².